The number of carbonyl (C=O) groups excluding carboxylic acids is 1. The molecule has 3 rings (SSSR count). The van der Waals surface area contributed by atoms with Gasteiger partial charge in [-0.1, -0.05) is 0 Å². The second-order valence-electron chi connectivity index (χ2n) is 7.26. The highest BCUT2D eigenvalue weighted by Gasteiger charge is 2.23. The number of nitrogens with zero attached hydrogens (tertiary/aromatic N) is 7. The van der Waals surface area contributed by atoms with Gasteiger partial charge in [0, 0.05) is 37.5 Å². The molecule has 9 nitrogen and oxygen atoms in total. The Balaban J connectivity index is 1.71. The first-order valence-corrected chi connectivity index (χ1v) is 10.7. The van der Waals surface area contributed by atoms with Crippen molar-refractivity contribution in [1.29, 1.82) is 10.5 Å². The molecule has 0 bridgehead atoms. The molecule has 0 aliphatic carbocycles. The molecule has 3 heterocycles. The Morgan fingerprint density at radius 1 is 1.37 bits per heavy atom. The first-order valence-electron chi connectivity index (χ1n) is 9.80. The van der Waals surface area contributed by atoms with Gasteiger partial charge in [-0.15, -0.1) is 11.3 Å². The minimum Gasteiger partial charge on any atom is -0.339 e. The van der Waals surface area contributed by atoms with Crippen molar-refractivity contribution in [2.45, 2.75) is 32.1 Å². The van der Waals surface area contributed by atoms with Gasteiger partial charge in [-0.05, 0) is 26.3 Å². The summed E-state index contributed by atoms with van der Waals surface area (Å²) < 4.78 is 0. The van der Waals surface area contributed by atoms with Crippen LogP contribution in [0.2, 0.25) is 0 Å². The molecule has 156 valence electrons. The molecule has 2 aromatic rings. The topological polar surface area (TPSA) is 122 Å². The molecule has 1 atom stereocenters. The van der Waals surface area contributed by atoms with Gasteiger partial charge in [0.2, 0.25) is 0 Å². The summed E-state index contributed by atoms with van der Waals surface area (Å²) in [7, 11) is 1.66. The van der Waals surface area contributed by atoms with Gasteiger partial charge in [0.15, 0.2) is 5.13 Å². The summed E-state index contributed by atoms with van der Waals surface area (Å²) in [6, 6.07) is 6.18. The average molecular weight is 425 g/mol. The van der Waals surface area contributed by atoms with Crippen molar-refractivity contribution >= 4 is 28.2 Å². The molecule has 1 aliphatic heterocycles. The fourth-order valence-electron chi connectivity index (χ4n) is 3.46. The summed E-state index contributed by atoms with van der Waals surface area (Å²) in [5, 5.41) is 23.1. The van der Waals surface area contributed by atoms with Gasteiger partial charge < -0.3 is 10.2 Å². The summed E-state index contributed by atoms with van der Waals surface area (Å²) in [4.78, 5) is 29.5. The zero-order valence-corrected chi connectivity index (χ0v) is 17.9. The predicted molar refractivity (Wildman–Crippen MR) is 113 cm³/mol. The number of amides is 1. The van der Waals surface area contributed by atoms with Crippen LogP contribution in [-0.2, 0) is 0 Å². The molecule has 1 aliphatic rings. The van der Waals surface area contributed by atoms with E-state index in [1.54, 1.807) is 12.4 Å². The maximum atomic E-state index is 12.4. The molecule has 30 heavy (non-hydrogen) atoms. The van der Waals surface area contributed by atoms with Crippen LogP contribution in [0.25, 0.3) is 0 Å². The van der Waals surface area contributed by atoms with Gasteiger partial charge in [0.05, 0.1) is 30.8 Å². The van der Waals surface area contributed by atoms with E-state index >= 15 is 0 Å². The molecule has 2 aromatic heterocycles. The van der Waals surface area contributed by atoms with E-state index in [0.29, 0.717) is 35.6 Å². The highest BCUT2D eigenvalue weighted by molar-refractivity contribution is 7.14. The van der Waals surface area contributed by atoms with Crippen molar-refractivity contribution in [2.75, 3.05) is 38.5 Å². The van der Waals surface area contributed by atoms with Crippen LogP contribution in [0.4, 0.5) is 10.9 Å². The monoisotopic (exact) mass is 424 g/mol. The van der Waals surface area contributed by atoms with Gasteiger partial charge >= 0.3 is 0 Å². The fraction of sp³-hybridized carbons (Fsp3) is 0.500. The number of piperidine rings is 1. The molecule has 1 fully saturated rings. The van der Waals surface area contributed by atoms with E-state index in [-0.39, 0.29) is 18.2 Å². The van der Waals surface area contributed by atoms with Gasteiger partial charge in [0.25, 0.3) is 5.91 Å². The largest absolute Gasteiger partial charge is 0.339 e. The number of likely N-dealkylation sites (tertiary alicyclic amines) is 1. The van der Waals surface area contributed by atoms with E-state index in [9.17, 15) is 4.79 Å². The smallest absolute Gasteiger partial charge is 0.273 e. The third-order valence-corrected chi connectivity index (χ3v) is 5.70. The molecular formula is C20H24N8OS. The van der Waals surface area contributed by atoms with Crippen molar-refractivity contribution < 1.29 is 4.79 Å². The van der Waals surface area contributed by atoms with E-state index < -0.39 is 0 Å². The standard InChI is InChI=1S/C20H24N8OS/c1-14-23-16(15-5-3-9-28(12-15)10-7-22)11-18(24-14)26-20-25-17(13-30-20)19(29)27(2)8-4-6-21/h11,13,15H,3-5,8-10,12H2,1-2H3,(H,23,24,25,26)/t15-/m0/s1. The molecule has 1 N–H and O–H groups in total. The minimum absolute atomic E-state index is 0.214. The van der Waals surface area contributed by atoms with Crippen LogP contribution in [0.1, 0.15) is 47.2 Å². The number of anilines is 2. The van der Waals surface area contributed by atoms with Gasteiger partial charge in [-0.2, -0.15) is 10.5 Å². The lowest BCUT2D eigenvalue weighted by Gasteiger charge is -2.30. The van der Waals surface area contributed by atoms with E-state index in [1.165, 1.54) is 16.2 Å². The van der Waals surface area contributed by atoms with Crippen LogP contribution in [-0.4, -0.2) is 63.9 Å². The first kappa shape index (κ1) is 21.6. The average Bonchev–Trinajstić information content (AvgIpc) is 3.20. The summed E-state index contributed by atoms with van der Waals surface area (Å²) in [5.41, 5.74) is 1.30. The summed E-state index contributed by atoms with van der Waals surface area (Å²) in [5.74, 6) is 1.35. The van der Waals surface area contributed by atoms with Crippen molar-refractivity contribution in [3.63, 3.8) is 0 Å². The number of nitrogens with one attached hydrogen (secondary N) is 1. The Morgan fingerprint density at radius 3 is 2.97 bits per heavy atom. The normalized spacial score (nSPS) is 16.5. The van der Waals surface area contributed by atoms with Gasteiger partial charge in [0.1, 0.15) is 17.3 Å². The molecule has 10 heteroatoms. The number of carbonyl (C=O) groups is 1. The Kier molecular flexibility index (Phi) is 7.28. The van der Waals surface area contributed by atoms with Crippen LogP contribution < -0.4 is 5.32 Å². The van der Waals surface area contributed by atoms with Crippen molar-refractivity contribution in [1.82, 2.24) is 24.8 Å². The van der Waals surface area contributed by atoms with Gasteiger partial charge in [-0.25, -0.2) is 15.0 Å². The number of rotatable bonds is 7. The lowest BCUT2D eigenvalue weighted by atomic mass is 9.94. The summed E-state index contributed by atoms with van der Waals surface area (Å²) in [6.45, 7) is 4.41. The van der Waals surface area contributed by atoms with Crippen LogP contribution in [0, 0.1) is 29.6 Å². The van der Waals surface area contributed by atoms with Crippen molar-refractivity contribution in [3.8, 4) is 12.1 Å². The van der Waals surface area contributed by atoms with E-state index in [0.717, 1.165) is 31.6 Å². The Morgan fingerprint density at radius 2 is 2.20 bits per heavy atom. The second-order valence-corrected chi connectivity index (χ2v) is 8.11. The summed E-state index contributed by atoms with van der Waals surface area (Å²) in [6.07, 6.45) is 2.35. The molecule has 1 amide bonds. The van der Waals surface area contributed by atoms with Crippen LogP contribution in [0.15, 0.2) is 11.4 Å². The Hall–Kier alpha value is -3.08. The number of aromatic nitrogens is 3. The molecule has 0 spiro atoms. The molecule has 0 unspecified atom stereocenters. The number of hydrogen-bond donors (Lipinski definition) is 1. The minimum atomic E-state index is -0.214. The molecule has 0 saturated carbocycles. The van der Waals surface area contributed by atoms with Crippen LogP contribution >= 0.6 is 11.3 Å². The SMILES string of the molecule is Cc1nc(Nc2nc(C(=O)N(C)CCC#N)cs2)cc([C@H]2CCCN(CC#N)C2)n1. The molecule has 1 saturated heterocycles. The Bertz CT molecular complexity index is 976. The van der Waals surface area contributed by atoms with Crippen molar-refractivity contribution in [2.24, 2.45) is 0 Å². The number of hydrogen-bond acceptors (Lipinski definition) is 9. The van der Waals surface area contributed by atoms with E-state index in [4.69, 9.17) is 10.5 Å². The molecule has 0 aromatic carbocycles. The third kappa shape index (κ3) is 5.50. The maximum Gasteiger partial charge on any atom is 0.273 e. The van der Waals surface area contributed by atoms with Gasteiger partial charge in [-0.3, -0.25) is 9.69 Å². The van der Waals surface area contributed by atoms with E-state index in [1.807, 2.05) is 19.1 Å². The summed E-state index contributed by atoms with van der Waals surface area (Å²) >= 11 is 1.33. The quantitative estimate of drug-likeness (QED) is 0.673. The number of nitriles is 2. The Labute approximate surface area is 180 Å². The zero-order valence-electron chi connectivity index (χ0n) is 17.1. The van der Waals surface area contributed by atoms with Crippen LogP contribution in [0.3, 0.4) is 0 Å². The lowest BCUT2D eigenvalue weighted by Crippen LogP contribution is -2.35. The van der Waals surface area contributed by atoms with Crippen LogP contribution in [0.5, 0.6) is 0 Å². The highest BCUT2D eigenvalue weighted by atomic mass is 32.1. The van der Waals surface area contributed by atoms with Crippen molar-refractivity contribution in [3.05, 3.63) is 28.7 Å². The zero-order chi connectivity index (χ0) is 21.5. The number of thiazole rings is 1. The molecular weight excluding hydrogens is 400 g/mol. The second kappa shape index (κ2) is 10.1. The predicted octanol–water partition coefficient (Wildman–Crippen LogP) is 2.67. The first-order chi connectivity index (χ1) is 14.5. The fourth-order valence-corrected chi connectivity index (χ4v) is 4.15. The lowest BCUT2D eigenvalue weighted by molar-refractivity contribution is 0.0793. The highest BCUT2D eigenvalue weighted by Crippen LogP contribution is 2.28. The maximum absolute atomic E-state index is 12.4. The van der Waals surface area contributed by atoms with E-state index in [2.05, 4.69) is 31.2 Å². The third-order valence-electron chi connectivity index (χ3n) is 4.94. The number of aryl methyl sites for hydroxylation is 1. The molecule has 0 radical (unpaired) electrons.